The average molecular weight is 455 g/mol. The van der Waals surface area contributed by atoms with Crippen molar-refractivity contribution >= 4 is 44.3 Å². The van der Waals surface area contributed by atoms with Gasteiger partial charge in [-0.05, 0) is 42.5 Å². The number of sulfonamides is 1. The molecular weight excluding hydrogens is 436 g/mol. The number of hydrogen-bond acceptors (Lipinski definition) is 4. The highest BCUT2D eigenvalue weighted by Crippen LogP contribution is 2.28. The molecule has 0 aliphatic rings. The molecule has 1 amide bonds. The highest BCUT2D eigenvalue weighted by molar-refractivity contribution is 7.92. The number of aryl methyl sites for hydroxylation is 1. The van der Waals surface area contributed by atoms with E-state index < -0.39 is 10.0 Å². The second kappa shape index (κ2) is 8.05. The Kier molecular flexibility index (Phi) is 5.43. The topological polar surface area (TPSA) is 93.1 Å². The van der Waals surface area contributed by atoms with E-state index >= 15 is 0 Å². The van der Waals surface area contributed by atoms with E-state index in [1.165, 1.54) is 12.1 Å². The zero-order chi connectivity index (χ0) is 22.2. The van der Waals surface area contributed by atoms with Crippen LogP contribution in [-0.4, -0.2) is 30.9 Å². The molecule has 4 aromatic rings. The van der Waals surface area contributed by atoms with Crippen LogP contribution in [0.5, 0.6) is 0 Å². The number of imidazole rings is 1. The first-order valence-corrected chi connectivity index (χ1v) is 11.2. The number of nitrogens with zero attached hydrogens (tertiary/aromatic N) is 2. The van der Waals surface area contributed by atoms with Crippen LogP contribution in [0.4, 0.5) is 5.69 Å². The fourth-order valence-corrected chi connectivity index (χ4v) is 4.88. The number of aromatic nitrogens is 2. The van der Waals surface area contributed by atoms with Crippen molar-refractivity contribution < 1.29 is 13.2 Å². The minimum atomic E-state index is -3.84. The molecule has 0 spiro atoms. The maximum atomic E-state index is 12.7. The van der Waals surface area contributed by atoms with E-state index in [1.807, 2.05) is 23.7 Å². The number of rotatable bonds is 5. The van der Waals surface area contributed by atoms with Crippen molar-refractivity contribution in [1.82, 2.24) is 14.9 Å². The molecule has 0 bridgehead atoms. The molecule has 4 rings (SSSR count). The number of anilines is 1. The summed E-state index contributed by atoms with van der Waals surface area (Å²) in [5.74, 6) is 0.538. The van der Waals surface area contributed by atoms with Crippen LogP contribution in [0.25, 0.3) is 22.4 Å². The molecule has 9 heteroatoms. The molecule has 0 saturated carbocycles. The van der Waals surface area contributed by atoms with Crippen LogP contribution in [0.1, 0.15) is 10.4 Å². The first-order chi connectivity index (χ1) is 14.8. The van der Waals surface area contributed by atoms with Crippen molar-refractivity contribution in [3.63, 3.8) is 0 Å². The maximum Gasteiger partial charge on any atom is 0.263 e. The molecule has 3 aromatic carbocycles. The van der Waals surface area contributed by atoms with Gasteiger partial charge in [-0.15, -0.1) is 0 Å². The summed E-state index contributed by atoms with van der Waals surface area (Å²) in [6.45, 7) is 0. The standard InChI is InChI=1S/C22H19ClN4O3S/c1-24-22(28)15-9-7-14(8-10-15)21-25-18-13-16(11-12-19(18)27(21)2)26-31(29,30)20-6-4-3-5-17(20)23/h3-13,26H,1-2H3,(H,24,28). The summed E-state index contributed by atoms with van der Waals surface area (Å²) >= 11 is 6.04. The van der Waals surface area contributed by atoms with Gasteiger partial charge in [-0.25, -0.2) is 13.4 Å². The molecular formula is C22H19ClN4O3S. The van der Waals surface area contributed by atoms with Crippen LogP contribution >= 0.6 is 11.6 Å². The molecule has 158 valence electrons. The van der Waals surface area contributed by atoms with Gasteiger partial charge in [-0.1, -0.05) is 35.9 Å². The Morgan fingerprint density at radius 2 is 1.74 bits per heavy atom. The lowest BCUT2D eigenvalue weighted by molar-refractivity contribution is 0.0963. The zero-order valence-electron chi connectivity index (χ0n) is 16.8. The van der Waals surface area contributed by atoms with Gasteiger partial charge in [0.05, 0.1) is 21.7 Å². The molecule has 2 N–H and O–H groups in total. The first-order valence-electron chi connectivity index (χ1n) is 9.36. The summed E-state index contributed by atoms with van der Waals surface area (Å²) in [7, 11) is -0.376. The van der Waals surface area contributed by atoms with Gasteiger partial charge < -0.3 is 9.88 Å². The van der Waals surface area contributed by atoms with Gasteiger partial charge in [-0.2, -0.15) is 0 Å². The van der Waals surface area contributed by atoms with Crippen molar-refractivity contribution in [1.29, 1.82) is 0 Å². The van der Waals surface area contributed by atoms with Crippen LogP contribution in [-0.2, 0) is 17.1 Å². The normalized spacial score (nSPS) is 11.5. The second-order valence-electron chi connectivity index (χ2n) is 6.89. The molecule has 0 aliphatic heterocycles. The van der Waals surface area contributed by atoms with Crippen molar-refractivity contribution in [2.45, 2.75) is 4.90 Å². The lowest BCUT2D eigenvalue weighted by atomic mass is 10.1. The predicted octanol–water partition coefficient (Wildman–Crippen LogP) is 4.05. The Bertz CT molecular complexity index is 1400. The number of carbonyl (C=O) groups is 1. The minimum Gasteiger partial charge on any atom is -0.355 e. The SMILES string of the molecule is CNC(=O)c1ccc(-c2nc3cc(NS(=O)(=O)c4ccccc4Cl)ccc3n2C)cc1. The van der Waals surface area contributed by atoms with E-state index in [9.17, 15) is 13.2 Å². The Morgan fingerprint density at radius 3 is 2.42 bits per heavy atom. The third-order valence-corrected chi connectivity index (χ3v) is 6.77. The maximum absolute atomic E-state index is 12.7. The van der Waals surface area contributed by atoms with E-state index in [4.69, 9.17) is 11.6 Å². The monoisotopic (exact) mass is 454 g/mol. The summed E-state index contributed by atoms with van der Waals surface area (Å²) in [6, 6.07) is 18.5. The molecule has 0 radical (unpaired) electrons. The molecule has 0 saturated heterocycles. The molecule has 1 aromatic heterocycles. The van der Waals surface area contributed by atoms with Crippen LogP contribution in [0.3, 0.4) is 0 Å². The predicted molar refractivity (Wildman–Crippen MR) is 122 cm³/mol. The highest BCUT2D eigenvalue weighted by Gasteiger charge is 2.18. The van der Waals surface area contributed by atoms with E-state index in [2.05, 4.69) is 15.0 Å². The minimum absolute atomic E-state index is 0.00896. The van der Waals surface area contributed by atoms with Crippen molar-refractivity contribution in [3.8, 4) is 11.4 Å². The molecule has 1 heterocycles. The highest BCUT2D eigenvalue weighted by atomic mass is 35.5. The Labute approximate surface area is 184 Å². The molecule has 0 atom stereocenters. The van der Waals surface area contributed by atoms with Crippen molar-refractivity contribution in [2.75, 3.05) is 11.8 Å². The molecule has 7 nitrogen and oxygen atoms in total. The summed E-state index contributed by atoms with van der Waals surface area (Å²) in [5.41, 5.74) is 3.25. The molecule has 0 fully saturated rings. The number of benzene rings is 3. The summed E-state index contributed by atoms with van der Waals surface area (Å²) < 4.78 is 29.9. The van der Waals surface area contributed by atoms with Crippen LogP contribution in [0.15, 0.2) is 71.6 Å². The Morgan fingerprint density at radius 1 is 1.03 bits per heavy atom. The van der Waals surface area contributed by atoms with E-state index in [1.54, 1.807) is 49.5 Å². The first kappa shape index (κ1) is 20.9. The van der Waals surface area contributed by atoms with Gasteiger partial charge in [0.25, 0.3) is 15.9 Å². The quantitative estimate of drug-likeness (QED) is 0.475. The lowest BCUT2D eigenvalue weighted by Crippen LogP contribution is -2.17. The third-order valence-electron chi connectivity index (χ3n) is 4.89. The van der Waals surface area contributed by atoms with Gasteiger partial charge in [0, 0.05) is 25.2 Å². The number of halogens is 1. The summed E-state index contributed by atoms with van der Waals surface area (Å²) in [6.07, 6.45) is 0. The Hall–Kier alpha value is -3.36. The van der Waals surface area contributed by atoms with Crippen LogP contribution < -0.4 is 10.0 Å². The van der Waals surface area contributed by atoms with Crippen molar-refractivity contribution in [2.24, 2.45) is 7.05 Å². The number of fused-ring (bicyclic) bond motifs is 1. The smallest absolute Gasteiger partial charge is 0.263 e. The summed E-state index contributed by atoms with van der Waals surface area (Å²) in [5, 5.41) is 2.74. The van der Waals surface area contributed by atoms with Gasteiger partial charge in [-0.3, -0.25) is 9.52 Å². The third kappa shape index (κ3) is 3.99. The fraction of sp³-hybridized carbons (Fsp3) is 0.0909. The lowest BCUT2D eigenvalue weighted by Gasteiger charge is -2.09. The van der Waals surface area contributed by atoms with Crippen LogP contribution in [0, 0.1) is 0 Å². The van der Waals surface area contributed by atoms with Crippen molar-refractivity contribution in [3.05, 3.63) is 77.3 Å². The molecule has 0 aliphatic carbocycles. The largest absolute Gasteiger partial charge is 0.355 e. The number of carbonyl (C=O) groups excluding carboxylic acids is 1. The number of amides is 1. The second-order valence-corrected chi connectivity index (χ2v) is 8.95. The van der Waals surface area contributed by atoms with E-state index in [0.717, 1.165) is 11.1 Å². The molecule has 31 heavy (non-hydrogen) atoms. The van der Waals surface area contributed by atoms with E-state index in [-0.39, 0.29) is 15.8 Å². The number of nitrogens with one attached hydrogen (secondary N) is 2. The van der Waals surface area contributed by atoms with Gasteiger partial charge in [0.15, 0.2) is 0 Å². The van der Waals surface area contributed by atoms with Crippen LogP contribution in [0.2, 0.25) is 5.02 Å². The zero-order valence-corrected chi connectivity index (χ0v) is 18.3. The van der Waals surface area contributed by atoms with Gasteiger partial charge >= 0.3 is 0 Å². The number of hydrogen-bond donors (Lipinski definition) is 2. The Balaban J connectivity index is 1.68. The average Bonchev–Trinajstić information content (AvgIpc) is 3.09. The molecule has 0 unspecified atom stereocenters. The van der Waals surface area contributed by atoms with Gasteiger partial charge in [0.2, 0.25) is 0 Å². The van der Waals surface area contributed by atoms with Gasteiger partial charge in [0.1, 0.15) is 10.7 Å². The fourth-order valence-electron chi connectivity index (χ4n) is 3.31. The summed E-state index contributed by atoms with van der Waals surface area (Å²) in [4.78, 5) is 16.4. The van der Waals surface area contributed by atoms with E-state index in [0.29, 0.717) is 22.6 Å².